The molecule has 1 atom stereocenters. The molecule has 0 aromatic carbocycles. The van der Waals surface area contributed by atoms with Crippen LogP contribution in [0.5, 0.6) is 0 Å². The van der Waals surface area contributed by atoms with Gasteiger partial charge in [0, 0.05) is 0 Å². The van der Waals surface area contributed by atoms with E-state index in [-0.39, 0.29) is 22.9 Å². The standard InChI is InChI=1S/C15H28O2.C3H8/c1-6-15(10-8-7-9-11-15)17-13(16)12(2)14(3,4)5;1-3-2/h12H,6-11H2,1-5H3;3H2,1-2H3. The molecule has 0 amide bonds. The lowest BCUT2D eigenvalue weighted by Crippen LogP contribution is -2.40. The average Bonchev–Trinajstić information content (AvgIpc) is 2.38. The Morgan fingerprint density at radius 1 is 1.10 bits per heavy atom. The Bertz CT molecular complexity index is 270. The summed E-state index contributed by atoms with van der Waals surface area (Å²) in [7, 11) is 0. The Kier molecular flexibility index (Phi) is 8.46. The average molecular weight is 284 g/mol. The zero-order chi connectivity index (χ0) is 15.8. The van der Waals surface area contributed by atoms with Crippen LogP contribution in [0.15, 0.2) is 0 Å². The predicted octanol–water partition coefficient (Wildman–Crippen LogP) is 5.74. The molecule has 1 aliphatic carbocycles. The molecule has 1 saturated carbocycles. The van der Waals surface area contributed by atoms with E-state index in [0.29, 0.717) is 0 Å². The van der Waals surface area contributed by atoms with Crippen LogP contribution in [0.2, 0.25) is 0 Å². The smallest absolute Gasteiger partial charge is 0.309 e. The molecular formula is C18H36O2. The first kappa shape index (κ1) is 19.5. The normalized spacial score (nSPS) is 19.6. The molecule has 2 nitrogen and oxygen atoms in total. The maximum Gasteiger partial charge on any atom is 0.309 e. The molecule has 1 aliphatic rings. The highest BCUT2D eigenvalue weighted by atomic mass is 16.6. The van der Waals surface area contributed by atoms with Crippen molar-refractivity contribution in [2.24, 2.45) is 11.3 Å². The third-order valence-corrected chi connectivity index (χ3v) is 4.38. The summed E-state index contributed by atoms with van der Waals surface area (Å²) in [6, 6.07) is 0. The zero-order valence-electron chi connectivity index (χ0n) is 14.8. The summed E-state index contributed by atoms with van der Waals surface area (Å²) in [5, 5.41) is 0. The van der Waals surface area contributed by atoms with Crippen LogP contribution >= 0.6 is 0 Å². The fraction of sp³-hybridized carbons (Fsp3) is 0.944. The van der Waals surface area contributed by atoms with Crippen LogP contribution in [0.3, 0.4) is 0 Å². The summed E-state index contributed by atoms with van der Waals surface area (Å²) in [6.07, 6.45) is 7.98. The van der Waals surface area contributed by atoms with Crippen LogP contribution in [-0.2, 0) is 9.53 Å². The summed E-state index contributed by atoms with van der Waals surface area (Å²) in [6.45, 7) is 14.7. The van der Waals surface area contributed by atoms with Gasteiger partial charge in [0.1, 0.15) is 5.60 Å². The van der Waals surface area contributed by atoms with E-state index in [4.69, 9.17) is 4.74 Å². The van der Waals surface area contributed by atoms with Crippen molar-refractivity contribution in [3.63, 3.8) is 0 Å². The van der Waals surface area contributed by atoms with Crippen molar-refractivity contribution in [1.29, 1.82) is 0 Å². The van der Waals surface area contributed by atoms with Gasteiger partial charge in [-0.1, -0.05) is 61.3 Å². The van der Waals surface area contributed by atoms with E-state index in [2.05, 4.69) is 41.5 Å². The quantitative estimate of drug-likeness (QED) is 0.618. The van der Waals surface area contributed by atoms with E-state index < -0.39 is 0 Å². The van der Waals surface area contributed by atoms with Crippen molar-refractivity contribution in [3.8, 4) is 0 Å². The molecule has 0 radical (unpaired) electrons. The second kappa shape index (κ2) is 8.69. The molecule has 0 N–H and O–H groups in total. The molecule has 1 fully saturated rings. The Morgan fingerprint density at radius 3 is 1.90 bits per heavy atom. The minimum absolute atomic E-state index is 0.0127. The van der Waals surface area contributed by atoms with Crippen molar-refractivity contribution >= 4 is 5.97 Å². The number of hydrogen-bond acceptors (Lipinski definition) is 2. The zero-order valence-corrected chi connectivity index (χ0v) is 14.8. The van der Waals surface area contributed by atoms with Crippen LogP contribution in [0.4, 0.5) is 0 Å². The maximum atomic E-state index is 12.2. The Labute approximate surface area is 126 Å². The second-order valence-electron chi connectivity index (χ2n) is 7.31. The van der Waals surface area contributed by atoms with Gasteiger partial charge in [-0.05, 0) is 37.5 Å². The van der Waals surface area contributed by atoms with Crippen LogP contribution in [0.25, 0.3) is 0 Å². The van der Waals surface area contributed by atoms with Gasteiger partial charge in [0.2, 0.25) is 0 Å². The first-order chi connectivity index (χ1) is 9.22. The van der Waals surface area contributed by atoms with Crippen molar-refractivity contribution in [2.45, 2.75) is 99.0 Å². The van der Waals surface area contributed by atoms with Gasteiger partial charge in [-0.2, -0.15) is 0 Å². The molecule has 0 aliphatic heterocycles. The number of esters is 1. The summed E-state index contributed by atoms with van der Waals surface area (Å²) in [5.74, 6) is -0.0471. The third kappa shape index (κ3) is 6.28. The lowest BCUT2D eigenvalue weighted by molar-refractivity contribution is -0.172. The van der Waals surface area contributed by atoms with Gasteiger partial charge in [-0.3, -0.25) is 4.79 Å². The van der Waals surface area contributed by atoms with E-state index in [1.54, 1.807) is 0 Å². The number of carbonyl (C=O) groups is 1. The summed E-state index contributed by atoms with van der Waals surface area (Å²) in [4.78, 5) is 12.2. The van der Waals surface area contributed by atoms with Crippen molar-refractivity contribution in [2.75, 3.05) is 0 Å². The topological polar surface area (TPSA) is 26.3 Å². The van der Waals surface area contributed by atoms with Crippen LogP contribution in [0.1, 0.15) is 93.4 Å². The van der Waals surface area contributed by atoms with Crippen molar-refractivity contribution in [3.05, 3.63) is 0 Å². The molecule has 0 aromatic rings. The maximum absolute atomic E-state index is 12.2. The number of rotatable bonds is 3. The lowest BCUT2D eigenvalue weighted by Gasteiger charge is -2.38. The van der Waals surface area contributed by atoms with Crippen molar-refractivity contribution < 1.29 is 9.53 Å². The molecule has 1 rings (SSSR count). The molecule has 0 spiro atoms. The Morgan fingerprint density at radius 2 is 1.55 bits per heavy atom. The van der Waals surface area contributed by atoms with Gasteiger partial charge in [-0.25, -0.2) is 0 Å². The molecular weight excluding hydrogens is 248 g/mol. The number of ether oxygens (including phenoxy) is 1. The predicted molar refractivity (Wildman–Crippen MR) is 86.8 cm³/mol. The molecule has 0 bridgehead atoms. The highest BCUT2D eigenvalue weighted by Gasteiger charge is 2.37. The van der Waals surface area contributed by atoms with Gasteiger partial charge < -0.3 is 4.74 Å². The molecule has 0 heterocycles. The summed E-state index contributed by atoms with van der Waals surface area (Å²) >= 11 is 0. The minimum Gasteiger partial charge on any atom is -0.459 e. The largest absolute Gasteiger partial charge is 0.459 e. The van der Waals surface area contributed by atoms with Crippen LogP contribution < -0.4 is 0 Å². The molecule has 120 valence electrons. The van der Waals surface area contributed by atoms with Crippen molar-refractivity contribution in [1.82, 2.24) is 0 Å². The van der Waals surface area contributed by atoms with E-state index in [9.17, 15) is 4.79 Å². The number of hydrogen-bond donors (Lipinski definition) is 0. The summed E-state index contributed by atoms with van der Waals surface area (Å²) < 4.78 is 5.88. The van der Waals surface area contributed by atoms with Gasteiger partial charge >= 0.3 is 5.97 Å². The summed E-state index contributed by atoms with van der Waals surface area (Å²) in [5.41, 5.74) is -0.171. The van der Waals surface area contributed by atoms with Gasteiger partial charge in [0.15, 0.2) is 0 Å². The highest BCUT2D eigenvalue weighted by molar-refractivity contribution is 5.73. The molecule has 2 heteroatoms. The first-order valence-electron chi connectivity index (χ1n) is 8.45. The second-order valence-corrected chi connectivity index (χ2v) is 7.31. The molecule has 20 heavy (non-hydrogen) atoms. The molecule has 0 aromatic heterocycles. The van der Waals surface area contributed by atoms with Gasteiger partial charge in [-0.15, -0.1) is 0 Å². The van der Waals surface area contributed by atoms with Crippen LogP contribution in [-0.4, -0.2) is 11.6 Å². The fourth-order valence-corrected chi connectivity index (χ4v) is 2.38. The van der Waals surface area contributed by atoms with E-state index in [1.165, 1.54) is 25.7 Å². The van der Waals surface area contributed by atoms with Gasteiger partial charge in [0.25, 0.3) is 0 Å². The third-order valence-electron chi connectivity index (χ3n) is 4.38. The Balaban J connectivity index is 0.00000110. The fourth-order valence-electron chi connectivity index (χ4n) is 2.38. The van der Waals surface area contributed by atoms with E-state index >= 15 is 0 Å². The number of carbonyl (C=O) groups excluding carboxylic acids is 1. The minimum atomic E-state index is -0.158. The Hall–Kier alpha value is -0.530. The molecule has 1 unspecified atom stereocenters. The highest BCUT2D eigenvalue weighted by Crippen LogP contribution is 2.36. The molecule has 0 saturated heterocycles. The first-order valence-corrected chi connectivity index (χ1v) is 8.45. The SMILES string of the molecule is CCC.CCC1(OC(=O)C(C)C(C)(C)C)CCCCC1. The monoisotopic (exact) mass is 284 g/mol. The lowest BCUT2D eigenvalue weighted by atomic mass is 9.80. The van der Waals surface area contributed by atoms with Crippen LogP contribution in [0, 0.1) is 11.3 Å². The van der Waals surface area contributed by atoms with E-state index in [0.717, 1.165) is 19.3 Å². The van der Waals surface area contributed by atoms with Gasteiger partial charge in [0.05, 0.1) is 5.92 Å². The van der Waals surface area contributed by atoms with E-state index in [1.807, 2.05) is 6.92 Å².